The zero-order chi connectivity index (χ0) is 14.9. The van der Waals surface area contributed by atoms with Gasteiger partial charge in [0.15, 0.2) is 0 Å². The Morgan fingerprint density at radius 1 is 1.55 bits per heavy atom. The van der Waals surface area contributed by atoms with Crippen LogP contribution >= 0.6 is 15.9 Å². The molecule has 0 spiro atoms. The van der Waals surface area contributed by atoms with E-state index in [4.69, 9.17) is 10.5 Å². The number of hydrogen-bond acceptors (Lipinski definition) is 4. The number of halogens is 2. The van der Waals surface area contributed by atoms with Gasteiger partial charge < -0.3 is 10.5 Å². The predicted molar refractivity (Wildman–Crippen MR) is 77.2 cm³/mol. The first-order valence-electron chi connectivity index (χ1n) is 6.17. The van der Waals surface area contributed by atoms with Crippen molar-refractivity contribution in [1.82, 2.24) is 4.72 Å². The summed E-state index contributed by atoms with van der Waals surface area (Å²) in [6.07, 6.45) is 0.784. The van der Waals surface area contributed by atoms with Crippen LogP contribution in [0.5, 0.6) is 0 Å². The van der Waals surface area contributed by atoms with Crippen molar-refractivity contribution in [3.8, 4) is 0 Å². The molecule has 1 heterocycles. The van der Waals surface area contributed by atoms with Crippen molar-refractivity contribution < 1.29 is 17.5 Å². The van der Waals surface area contributed by atoms with E-state index < -0.39 is 20.7 Å². The molecule has 1 aliphatic heterocycles. The van der Waals surface area contributed by atoms with E-state index in [1.165, 1.54) is 0 Å². The normalized spacial score (nSPS) is 23.1. The number of nitrogens with one attached hydrogen (secondary N) is 1. The van der Waals surface area contributed by atoms with Crippen LogP contribution in [0.25, 0.3) is 0 Å². The van der Waals surface area contributed by atoms with E-state index in [0.29, 0.717) is 11.1 Å². The van der Waals surface area contributed by atoms with E-state index in [1.54, 1.807) is 0 Å². The van der Waals surface area contributed by atoms with Crippen LogP contribution in [0.2, 0.25) is 0 Å². The smallest absolute Gasteiger partial charge is 0.243 e. The molecule has 1 saturated heterocycles. The third kappa shape index (κ3) is 3.30. The van der Waals surface area contributed by atoms with Gasteiger partial charge in [0, 0.05) is 29.2 Å². The van der Waals surface area contributed by atoms with Crippen LogP contribution in [0.4, 0.5) is 10.1 Å². The van der Waals surface area contributed by atoms with Crippen LogP contribution in [0.15, 0.2) is 21.5 Å². The fourth-order valence-corrected chi connectivity index (χ4v) is 3.59. The molecule has 112 valence electrons. The fraction of sp³-hybridized carbons (Fsp3) is 0.500. The van der Waals surface area contributed by atoms with Gasteiger partial charge >= 0.3 is 0 Å². The summed E-state index contributed by atoms with van der Waals surface area (Å²) in [7, 11) is -3.92. The molecule has 3 N–H and O–H groups in total. The average Bonchev–Trinajstić information content (AvgIpc) is 2.77. The first-order chi connectivity index (χ1) is 9.31. The monoisotopic (exact) mass is 366 g/mol. The molecular formula is C12H16BrFN2O3S. The zero-order valence-electron chi connectivity index (χ0n) is 10.9. The minimum absolute atomic E-state index is 0.00228. The lowest BCUT2D eigenvalue weighted by atomic mass is 10.0. The van der Waals surface area contributed by atoms with E-state index >= 15 is 0 Å². The van der Waals surface area contributed by atoms with Gasteiger partial charge in [-0.1, -0.05) is 0 Å². The molecule has 1 aromatic rings. The van der Waals surface area contributed by atoms with Crippen LogP contribution in [0.1, 0.15) is 13.3 Å². The molecule has 2 unspecified atom stereocenters. The van der Waals surface area contributed by atoms with Crippen molar-refractivity contribution in [3.63, 3.8) is 0 Å². The molecule has 0 radical (unpaired) electrons. The highest BCUT2D eigenvalue weighted by Crippen LogP contribution is 2.26. The first kappa shape index (κ1) is 15.7. The first-order valence-corrected chi connectivity index (χ1v) is 8.44. The summed E-state index contributed by atoms with van der Waals surface area (Å²) in [4.78, 5) is -0.440. The predicted octanol–water partition coefficient (Wildman–Crippen LogP) is 1.87. The summed E-state index contributed by atoms with van der Waals surface area (Å²) in [5, 5.41) is 0. The third-order valence-corrected chi connectivity index (χ3v) is 5.53. The van der Waals surface area contributed by atoms with Crippen molar-refractivity contribution in [2.24, 2.45) is 5.92 Å². The summed E-state index contributed by atoms with van der Waals surface area (Å²) < 4.78 is 46.1. The molecule has 5 nitrogen and oxygen atoms in total. The molecule has 0 aliphatic carbocycles. The number of nitrogen functional groups attached to an aromatic ring is 1. The number of sulfonamides is 1. The third-order valence-electron chi connectivity index (χ3n) is 3.41. The van der Waals surface area contributed by atoms with Crippen molar-refractivity contribution in [1.29, 1.82) is 0 Å². The van der Waals surface area contributed by atoms with E-state index in [2.05, 4.69) is 20.7 Å². The standard InChI is InChI=1S/C12H16BrFN2O3S/c1-7-8(2-3-19-7)6-16-20(17,18)12-5-11(15)9(13)4-10(12)14/h4-5,7-8,16H,2-3,6,15H2,1H3. The van der Waals surface area contributed by atoms with Gasteiger partial charge in [-0.25, -0.2) is 17.5 Å². The maximum absolute atomic E-state index is 13.8. The van der Waals surface area contributed by atoms with E-state index in [9.17, 15) is 12.8 Å². The highest BCUT2D eigenvalue weighted by Gasteiger charge is 2.27. The minimum Gasteiger partial charge on any atom is -0.398 e. The molecule has 1 aliphatic rings. The van der Waals surface area contributed by atoms with Gasteiger partial charge in [0.2, 0.25) is 10.0 Å². The molecular weight excluding hydrogens is 351 g/mol. The van der Waals surface area contributed by atoms with Crippen LogP contribution < -0.4 is 10.5 Å². The fourth-order valence-electron chi connectivity index (χ4n) is 2.09. The summed E-state index contributed by atoms with van der Waals surface area (Å²) in [6, 6.07) is 2.15. The lowest BCUT2D eigenvalue weighted by Gasteiger charge is -2.15. The van der Waals surface area contributed by atoms with Gasteiger partial charge in [-0.05, 0) is 41.4 Å². The number of benzene rings is 1. The van der Waals surface area contributed by atoms with Gasteiger partial charge in [0.1, 0.15) is 10.7 Å². The van der Waals surface area contributed by atoms with Gasteiger partial charge in [-0.15, -0.1) is 0 Å². The summed E-state index contributed by atoms with van der Waals surface area (Å²) in [5.41, 5.74) is 5.77. The SMILES string of the molecule is CC1OCCC1CNS(=O)(=O)c1cc(N)c(Br)cc1F. The molecule has 2 atom stereocenters. The lowest BCUT2D eigenvalue weighted by molar-refractivity contribution is 0.107. The number of anilines is 1. The Labute approximate surface area is 125 Å². The van der Waals surface area contributed by atoms with Crippen molar-refractivity contribution >= 4 is 31.6 Å². The molecule has 0 amide bonds. The highest BCUT2D eigenvalue weighted by molar-refractivity contribution is 9.10. The maximum atomic E-state index is 13.8. The molecule has 1 aromatic carbocycles. The Bertz CT molecular complexity index is 609. The molecule has 20 heavy (non-hydrogen) atoms. The Morgan fingerprint density at radius 3 is 2.85 bits per heavy atom. The van der Waals surface area contributed by atoms with E-state index in [1.807, 2.05) is 6.92 Å². The number of ether oxygens (including phenoxy) is 1. The highest BCUT2D eigenvalue weighted by atomic mass is 79.9. The van der Waals surface area contributed by atoms with Crippen LogP contribution in [0, 0.1) is 11.7 Å². The zero-order valence-corrected chi connectivity index (χ0v) is 13.3. The summed E-state index contributed by atoms with van der Waals surface area (Å²) in [5.74, 6) is -0.741. The molecule has 1 fully saturated rings. The second-order valence-electron chi connectivity index (χ2n) is 4.78. The van der Waals surface area contributed by atoms with Crippen molar-refractivity contribution in [2.75, 3.05) is 18.9 Å². The van der Waals surface area contributed by atoms with Gasteiger partial charge in [-0.2, -0.15) is 0 Å². The Morgan fingerprint density at radius 2 is 2.25 bits per heavy atom. The molecule has 0 saturated carbocycles. The van der Waals surface area contributed by atoms with Crippen molar-refractivity contribution in [3.05, 3.63) is 22.4 Å². The quantitative estimate of drug-likeness (QED) is 0.797. The van der Waals surface area contributed by atoms with Gasteiger partial charge in [-0.3, -0.25) is 0 Å². The van der Waals surface area contributed by atoms with Crippen LogP contribution in [-0.2, 0) is 14.8 Å². The van der Waals surface area contributed by atoms with Crippen molar-refractivity contribution in [2.45, 2.75) is 24.3 Å². The Hall–Kier alpha value is -0.700. The Balaban J connectivity index is 2.16. The average molecular weight is 367 g/mol. The molecule has 0 aromatic heterocycles. The van der Waals surface area contributed by atoms with Crippen LogP contribution in [-0.4, -0.2) is 27.7 Å². The second-order valence-corrected chi connectivity index (χ2v) is 7.37. The minimum atomic E-state index is -3.92. The topological polar surface area (TPSA) is 81.4 Å². The second kappa shape index (κ2) is 5.97. The summed E-state index contributed by atoms with van der Waals surface area (Å²) >= 11 is 3.05. The Kier molecular flexibility index (Phi) is 4.68. The van der Waals surface area contributed by atoms with Crippen LogP contribution in [0.3, 0.4) is 0 Å². The maximum Gasteiger partial charge on any atom is 0.243 e. The number of hydrogen-bond donors (Lipinski definition) is 2. The molecule has 8 heteroatoms. The van der Waals surface area contributed by atoms with Gasteiger partial charge in [0.05, 0.1) is 6.10 Å². The molecule has 0 bridgehead atoms. The largest absolute Gasteiger partial charge is 0.398 e. The van der Waals surface area contributed by atoms with E-state index in [-0.39, 0.29) is 24.3 Å². The van der Waals surface area contributed by atoms with E-state index in [0.717, 1.165) is 18.6 Å². The summed E-state index contributed by atoms with van der Waals surface area (Å²) in [6.45, 7) is 2.73. The number of rotatable bonds is 4. The molecule has 2 rings (SSSR count). The lowest BCUT2D eigenvalue weighted by Crippen LogP contribution is -2.32. The van der Waals surface area contributed by atoms with Gasteiger partial charge in [0.25, 0.3) is 0 Å². The number of nitrogens with two attached hydrogens (primary N) is 1.